The Hall–Kier alpha value is -3.09. The molecule has 0 radical (unpaired) electrons. The summed E-state index contributed by atoms with van der Waals surface area (Å²) in [6.07, 6.45) is 2.42. The lowest BCUT2D eigenvalue weighted by Gasteiger charge is -2.17. The summed E-state index contributed by atoms with van der Waals surface area (Å²) in [7, 11) is 2.56. The van der Waals surface area contributed by atoms with Gasteiger partial charge >= 0.3 is 11.9 Å². The predicted molar refractivity (Wildman–Crippen MR) is 84.6 cm³/mol. The average Bonchev–Trinajstić information content (AvgIpc) is 3.11. The highest BCUT2D eigenvalue weighted by atomic mass is 16.7. The molecule has 0 saturated heterocycles. The van der Waals surface area contributed by atoms with Gasteiger partial charge in [-0.15, -0.1) is 0 Å². The van der Waals surface area contributed by atoms with Crippen molar-refractivity contribution in [1.29, 1.82) is 0 Å². The zero-order chi connectivity index (χ0) is 17.6. The molecule has 0 N–H and O–H groups in total. The number of carbonyl (C=O) groups excluding carboxylic acids is 2. The summed E-state index contributed by atoms with van der Waals surface area (Å²) in [6, 6.07) is 5.53. The van der Waals surface area contributed by atoms with E-state index in [1.807, 2.05) is 16.7 Å². The number of esters is 2. The minimum Gasteiger partial charge on any atom is -0.465 e. The van der Waals surface area contributed by atoms with Crippen LogP contribution in [0.2, 0.25) is 0 Å². The van der Waals surface area contributed by atoms with Crippen molar-refractivity contribution in [2.75, 3.05) is 21.0 Å². The molecule has 128 valence electrons. The van der Waals surface area contributed by atoms with Crippen LogP contribution in [0.5, 0.6) is 11.5 Å². The van der Waals surface area contributed by atoms with Crippen LogP contribution in [0.4, 0.5) is 0 Å². The first-order valence-electron chi connectivity index (χ1n) is 7.79. The number of methoxy groups -OCH3 is 2. The fraction of sp³-hybridized carbons (Fsp3) is 0.278. The van der Waals surface area contributed by atoms with E-state index in [-0.39, 0.29) is 17.9 Å². The second-order valence-corrected chi connectivity index (χ2v) is 5.78. The van der Waals surface area contributed by atoms with Crippen LogP contribution in [0.25, 0.3) is 11.3 Å². The van der Waals surface area contributed by atoms with Crippen LogP contribution in [0.1, 0.15) is 26.3 Å². The van der Waals surface area contributed by atoms with Crippen molar-refractivity contribution in [3.8, 4) is 22.8 Å². The summed E-state index contributed by atoms with van der Waals surface area (Å²) in [5, 5.41) is 0. The number of nitrogens with zero attached hydrogens (tertiary/aromatic N) is 1. The third-order valence-electron chi connectivity index (χ3n) is 4.47. The van der Waals surface area contributed by atoms with Crippen molar-refractivity contribution in [3.05, 3.63) is 41.1 Å². The van der Waals surface area contributed by atoms with Crippen molar-refractivity contribution in [2.24, 2.45) is 0 Å². The normalized spacial score (nSPS) is 13.7. The predicted octanol–water partition coefficient (Wildman–Crippen LogP) is 1.50. The molecule has 0 spiro atoms. The van der Waals surface area contributed by atoms with Gasteiger partial charge in [-0.3, -0.25) is 0 Å². The Morgan fingerprint density at radius 3 is 2.40 bits per heavy atom. The summed E-state index contributed by atoms with van der Waals surface area (Å²) in [5.41, 5.74) is 3.21. The molecule has 0 bridgehead atoms. The van der Waals surface area contributed by atoms with Gasteiger partial charge in [-0.05, 0) is 17.7 Å². The lowest BCUT2D eigenvalue weighted by molar-refractivity contribution is -0.687. The third kappa shape index (κ3) is 2.39. The quantitative estimate of drug-likeness (QED) is 0.608. The van der Waals surface area contributed by atoms with Crippen LogP contribution in [-0.2, 0) is 22.4 Å². The van der Waals surface area contributed by atoms with Gasteiger partial charge in [-0.2, -0.15) is 4.57 Å². The molecule has 0 aliphatic carbocycles. The Morgan fingerprint density at radius 1 is 1.00 bits per heavy atom. The molecule has 1 aromatic heterocycles. The van der Waals surface area contributed by atoms with Gasteiger partial charge in [0.2, 0.25) is 12.5 Å². The number of carbonyl (C=O) groups is 2. The first-order valence-corrected chi connectivity index (χ1v) is 7.79. The first-order chi connectivity index (χ1) is 12.1. The molecule has 2 aliphatic heterocycles. The van der Waals surface area contributed by atoms with Gasteiger partial charge in [-0.25, -0.2) is 9.59 Å². The van der Waals surface area contributed by atoms with Crippen LogP contribution in [0.3, 0.4) is 0 Å². The molecule has 25 heavy (non-hydrogen) atoms. The van der Waals surface area contributed by atoms with E-state index < -0.39 is 11.9 Å². The molecular weight excluding hydrogens is 326 g/mol. The van der Waals surface area contributed by atoms with E-state index in [2.05, 4.69) is 0 Å². The number of hydrogen-bond acceptors (Lipinski definition) is 6. The minimum atomic E-state index is -0.586. The van der Waals surface area contributed by atoms with E-state index in [1.54, 1.807) is 12.3 Å². The first kappa shape index (κ1) is 15.4. The number of hydrogen-bond donors (Lipinski definition) is 0. The Bertz CT molecular complexity index is 905. The molecule has 2 aliphatic rings. The van der Waals surface area contributed by atoms with Gasteiger partial charge in [0.05, 0.1) is 25.3 Å². The van der Waals surface area contributed by atoms with Crippen molar-refractivity contribution >= 4 is 11.9 Å². The van der Waals surface area contributed by atoms with Gasteiger partial charge in [0.1, 0.15) is 5.56 Å². The number of fused-ring (bicyclic) bond motifs is 4. The number of aryl methyl sites for hydroxylation is 2. The van der Waals surface area contributed by atoms with E-state index in [9.17, 15) is 9.59 Å². The standard InChI is InChI=1S/C18H16NO6/c1-22-17(20)12-6-14-11-7-16-15(24-9-25-16)5-10(11)3-4-19(14)8-13(12)18(21)23-2/h5-8H,3-4,9H2,1-2H3/q+1. The highest BCUT2D eigenvalue weighted by molar-refractivity contribution is 6.03. The van der Waals surface area contributed by atoms with Crippen molar-refractivity contribution in [3.63, 3.8) is 0 Å². The van der Waals surface area contributed by atoms with Crippen molar-refractivity contribution in [1.82, 2.24) is 0 Å². The number of rotatable bonds is 2. The van der Waals surface area contributed by atoms with E-state index in [4.69, 9.17) is 18.9 Å². The van der Waals surface area contributed by atoms with Crippen LogP contribution >= 0.6 is 0 Å². The second kappa shape index (κ2) is 5.77. The summed E-state index contributed by atoms with van der Waals surface area (Å²) in [5.74, 6) is 0.235. The topological polar surface area (TPSA) is 74.9 Å². The van der Waals surface area contributed by atoms with Gasteiger partial charge in [-0.1, -0.05) is 0 Å². The van der Waals surface area contributed by atoms with Gasteiger partial charge in [0.25, 0.3) is 0 Å². The van der Waals surface area contributed by atoms with E-state index in [0.29, 0.717) is 12.3 Å². The zero-order valence-corrected chi connectivity index (χ0v) is 13.8. The molecule has 0 atom stereocenters. The van der Waals surface area contributed by atoms with E-state index >= 15 is 0 Å². The fourth-order valence-corrected chi connectivity index (χ4v) is 3.23. The van der Waals surface area contributed by atoms with Crippen molar-refractivity contribution in [2.45, 2.75) is 13.0 Å². The molecule has 2 aromatic rings. The summed E-state index contributed by atoms with van der Waals surface area (Å²) in [6.45, 7) is 0.875. The molecule has 4 rings (SSSR count). The molecule has 0 unspecified atom stereocenters. The highest BCUT2D eigenvalue weighted by Gasteiger charge is 2.32. The molecule has 0 fully saturated rings. The zero-order valence-electron chi connectivity index (χ0n) is 13.8. The maximum atomic E-state index is 12.2. The Balaban J connectivity index is 1.92. The summed E-state index contributed by atoms with van der Waals surface area (Å²) >= 11 is 0. The molecular formula is C18H16NO6+. The second-order valence-electron chi connectivity index (χ2n) is 5.78. The number of ether oxygens (including phenoxy) is 4. The van der Waals surface area contributed by atoms with Crippen molar-refractivity contribution < 1.29 is 33.1 Å². The van der Waals surface area contributed by atoms with Gasteiger partial charge < -0.3 is 18.9 Å². The van der Waals surface area contributed by atoms with Crippen LogP contribution < -0.4 is 14.0 Å². The lowest BCUT2D eigenvalue weighted by Crippen LogP contribution is -2.41. The number of aromatic nitrogens is 1. The average molecular weight is 342 g/mol. The van der Waals surface area contributed by atoms with E-state index in [0.717, 1.165) is 29.0 Å². The molecule has 7 heteroatoms. The molecule has 0 amide bonds. The molecule has 1 aromatic carbocycles. The molecule has 3 heterocycles. The smallest absolute Gasteiger partial charge is 0.344 e. The fourth-order valence-electron chi connectivity index (χ4n) is 3.23. The Kier molecular flexibility index (Phi) is 3.56. The van der Waals surface area contributed by atoms with Gasteiger partial charge in [0.15, 0.2) is 24.2 Å². The van der Waals surface area contributed by atoms with Gasteiger partial charge in [0, 0.05) is 12.5 Å². The molecule has 0 saturated carbocycles. The maximum Gasteiger partial charge on any atom is 0.344 e. The van der Waals surface area contributed by atoms with Crippen LogP contribution in [-0.4, -0.2) is 33.0 Å². The number of pyridine rings is 1. The van der Waals surface area contributed by atoms with Crippen LogP contribution in [0, 0.1) is 0 Å². The molecule has 7 nitrogen and oxygen atoms in total. The third-order valence-corrected chi connectivity index (χ3v) is 4.47. The highest BCUT2D eigenvalue weighted by Crippen LogP contribution is 2.39. The summed E-state index contributed by atoms with van der Waals surface area (Å²) < 4.78 is 22.4. The maximum absolute atomic E-state index is 12.2. The van der Waals surface area contributed by atoms with Crippen LogP contribution in [0.15, 0.2) is 24.4 Å². The monoisotopic (exact) mass is 342 g/mol. The Morgan fingerprint density at radius 2 is 1.68 bits per heavy atom. The SMILES string of the molecule is COC(=O)c1cc2[n+](cc1C(=O)OC)CCc1cc3c(cc1-2)OCO3. The largest absolute Gasteiger partial charge is 0.465 e. The summed E-state index contributed by atoms with van der Waals surface area (Å²) in [4.78, 5) is 24.2. The van der Waals surface area contributed by atoms with E-state index in [1.165, 1.54) is 14.2 Å². The Labute approximate surface area is 143 Å². The number of benzene rings is 1. The lowest BCUT2D eigenvalue weighted by atomic mass is 9.94. The minimum absolute atomic E-state index is 0.172.